The van der Waals surface area contributed by atoms with Crippen LogP contribution < -0.4 is 4.90 Å². The van der Waals surface area contributed by atoms with E-state index in [4.69, 9.17) is 5.11 Å². The third kappa shape index (κ3) is 2.83. The third-order valence-electron chi connectivity index (χ3n) is 2.18. The normalized spacial score (nSPS) is 12.1. The zero-order valence-electron chi connectivity index (χ0n) is 8.73. The van der Waals surface area contributed by atoms with E-state index in [0.29, 0.717) is 5.82 Å². The van der Waals surface area contributed by atoms with E-state index in [9.17, 15) is 9.59 Å². The lowest BCUT2D eigenvalue weighted by atomic mass is 10.1. The van der Waals surface area contributed by atoms with Gasteiger partial charge in [0, 0.05) is 19.2 Å². The van der Waals surface area contributed by atoms with Crippen LogP contribution >= 0.6 is 0 Å². The van der Waals surface area contributed by atoms with E-state index < -0.39 is 11.9 Å². The summed E-state index contributed by atoms with van der Waals surface area (Å²) in [6.45, 7) is 1.61. The first-order valence-electron chi connectivity index (χ1n) is 4.65. The van der Waals surface area contributed by atoms with E-state index in [1.54, 1.807) is 32.3 Å². The summed E-state index contributed by atoms with van der Waals surface area (Å²) in [4.78, 5) is 26.5. The van der Waals surface area contributed by atoms with Crippen molar-refractivity contribution in [2.75, 3.05) is 11.9 Å². The molecule has 0 aromatic carbocycles. The number of carbonyl (C=O) groups is 2. The summed E-state index contributed by atoms with van der Waals surface area (Å²) in [6, 6.07) is 3.53. The van der Waals surface area contributed by atoms with Crippen molar-refractivity contribution >= 4 is 17.7 Å². The van der Waals surface area contributed by atoms with Crippen molar-refractivity contribution in [2.45, 2.75) is 13.3 Å². The topological polar surface area (TPSA) is 73.4 Å². The highest BCUT2D eigenvalue weighted by Gasteiger charge is 2.21. The number of nitrogens with one attached hydrogen (secondary N) is 1. The van der Waals surface area contributed by atoms with Crippen LogP contribution in [0.4, 0.5) is 5.82 Å². The van der Waals surface area contributed by atoms with E-state index in [0.717, 1.165) is 0 Å². The van der Waals surface area contributed by atoms with Gasteiger partial charge in [0.05, 0.1) is 6.42 Å². The maximum Gasteiger partial charge on any atom is 0.304 e. The van der Waals surface area contributed by atoms with Gasteiger partial charge < -0.3 is 15.0 Å². The molecule has 1 unspecified atom stereocenters. The van der Waals surface area contributed by atoms with Crippen molar-refractivity contribution in [1.82, 2.24) is 4.98 Å². The summed E-state index contributed by atoms with van der Waals surface area (Å²) < 4.78 is 0. The first kappa shape index (κ1) is 11.3. The molecule has 0 fully saturated rings. The number of anilines is 1. The second-order valence-electron chi connectivity index (χ2n) is 3.45. The third-order valence-corrected chi connectivity index (χ3v) is 2.18. The van der Waals surface area contributed by atoms with E-state index >= 15 is 0 Å². The van der Waals surface area contributed by atoms with Gasteiger partial charge >= 0.3 is 5.97 Å². The van der Waals surface area contributed by atoms with E-state index in [2.05, 4.69) is 4.98 Å². The van der Waals surface area contributed by atoms with Crippen molar-refractivity contribution in [3.8, 4) is 0 Å². The number of carboxylic acid groups (broad SMARTS) is 1. The van der Waals surface area contributed by atoms with Crippen molar-refractivity contribution < 1.29 is 14.7 Å². The van der Waals surface area contributed by atoms with E-state index in [1.165, 1.54) is 4.90 Å². The Morgan fingerprint density at radius 2 is 2.27 bits per heavy atom. The number of carboxylic acids is 1. The van der Waals surface area contributed by atoms with Crippen molar-refractivity contribution in [3.05, 3.63) is 18.3 Å². The van der Waals surface area contributed by atoms with Crippen LogP contribution in [0, 0.1) is 5.92 Å². The van der Waals surface area contributed by atoms with Crippen molar-refractivity contribution in [2.24, 2.45) is 5.92 Å². The molecule has 1 aromatic rings. The lowest BCUT2D eigenvalue weighted by Crippen LogP contribution is -2.32. The molecule has 1 atom stereocenters. The predicted molar refractivity (Wildman–Crippen MR) is 55.6 cm³/mol. The number of amides is 1. The molecule has 1 amide bonds. The second-order valence-corrected chi connectivity index (χ2v) is 3.45. The number of hydrogen-bond donors (Lipinski definition) is 2. The number of hydrogen-bond acceptors (Lipinski definition) is 2. The molecule has 0 aliphatic rings. The van der Waals surface area contributed by atoms with Crippen molar-refractivity contribution in [3.63, 3.8) is 0 Å². The number of aliphatic carboxylic acids is 1. The average molecular weight is 210 g/mol. The standard InChI is InChI=1S/C10H14N2O3/c1-7(6-9(13)14)10(15)12(2)8-4-3-5-11-8/h3-5,7,11H,6H2,1-2H3,(H,13,14). The summed E-state index contributed by atoms with van der Waals surface area (Å²) in [6.07, 6.45) is 1.56. The molecule has 5 heteroatoms. The first-order valence-corrected chi connectivity index (χ1v) is 4.65. The molecule has 0 spiro atoms. The Kier molecular flexibility index (Phi) is 3.49. The highest BCUT2D eigenvalue weighted by Crippen LogP contribution is 2.13. The van der Waals surface area contributed by atoms with Crippen LogP contribution in [-0.2, 0) is 9.59 Å². The molecule has 1 aromatic heterocycles. The molecule has 0 aliphatic heterocycles. The van der Waals surface area contributed by atoms with Crippen LogP contribution in [0.15, 0.2) is 18.3 Å². The molecule has 0 saturated heterocycles. The largest absolute Gasteiger partial charge is 0.481 e. The Labute approximate surface area is 87.7 Å². The van der Waals surface area contributed by atoms with Gasteiger partial charge in [0.2, 0.25) is 5.91 Å². The van der Waals surface area contributed by atoms with E-state index in [1.807, 2.05) is 0 Å². The molecule has 0 saturated carbocycles. The Morgan fingerprint density at radius 3 is 2.73 bits per heavy atom. The molecule has 82 valence electrons. The smallest absolute Gasteiger partial charge is 0.304 e. The Bertz CT molecular complexity index is 346. The predicted octanol–water partition coefficient (Wildman–Crippen LogP) is 1.09. The molecular formula is C10H14N2O3. The summed E-state index contributed by atoms with van der Waals surface area (Å²) in [7, 11) is 1.62. The van der Waals surface area contributed by atoms with Crippen LogP contribution in [0.5, 0.6) is 0 Å². The fourth-order valence-electron chi connectivity index (χ4n) is 1.33. The maximum absolute atomic E-state index is 11.7. The van der Waals surface area contributed by atoms with Gasteiger partial charge in [-0.05, 0) is 12.1 Å². The van der Waals surface area contributed by atoms with Crippen LogP contribution in [0.1, 0.15) is 13.3 Å². The maximum atomic E-state index is 11.7. The minimum absolute atomic E-state index is 0.149. The van der Waals surface area contributed by atoms with Gasteiger partial charge in [0.15, 0.2) is 0 Å². The van der Waals surface area contributed by atoms with Gasteiger partial charge in [-0.25, -0.2) is 0 Å². The number of H-pyrrole nitrogens is 1. The number of nitrogens with zero attached hydrogens (tertiary/aromatic N) is 1. The minimum atomic E-state index is -0.962. The molecule has 1 rings (SSSR count). The van der Waals surface area contributed by atoms with Gasteiger partial charge in [0.25, 0.3) is 0 Å². The summed E-state index contributed by atoms with van der Waals surface area (Å²) in [5.41, 5.74) is 0. The molecular weight excluding hydrogens is 196 g/mol. The highest BCUT2D eigenvalue weighted by atomic mass is 16.4. The zero-order valence-corrected chi connectivity index (χ0v) is 8.73. The highest BCUT2D eigenvalue weighted by molar-refractivity contribution is 5.95. The van der Waals surface area contributed by atoms with Gasteiger partial charge in [-0.3, -0.25) is 9.59 Å². The minimum Gasteiger partial charge on any atom is -0.481 e. The molecule has 2 N–H and O–H groups in total. The zero-order chi connectivity index (χ0) is 11.4. The molecule has 0 radical (unpaired) electrons. The average Bonchev–Trinajstić information content (AvgIpc) is 2.67. The van der Waals surface area contributed by atoms with Crippen LogP contribution in [-0.4, -0.2) is 29.0 Å². The summed E-state index contributed by atoms with van der Waals surface area (Å²) in [5, 5.41) is 8.57. The Morgan fingerprint density at radius 1 is 1.60 bits per heavy atom. The van der Waals surface area contributed by atoms with E-state index in [-0.39, 0.29) is 12.3 Å². The van der Waals surface area contributed by atoms with Gasteiger partial charge in [-0.15, -0.1) is 0 Å². The summed E-state index contributed by atoms with van der Waals surface area (Å²) >= 11 is 0. The Hall–Kier alpha value is -1.78. The lowest BCUT2D eigenvalue weighted by Gasteiger charge is -2.18. The molecule has 1 heterocycles. The summed E-state index contributed by atoms with van der Waals surface area (Å²) in [5.74, 6) is -1.02. The first-order chi connectivity index (χ1) is 7.02. The van der Waals surface area contributed by atoms with Gasteiger partial charge in [-0.1, -0.05) is 6.92 Å². The number of rotatable bonds is 4. The van der Waals surface area contributed by atoms with Crippen molar-refractivity contribution in [1.29, 1.82) is 0 Å². The quantitative estimate of drug-likeness (QED) is 0.781. The number of aromatic nitrogens is 1. The second kappa shape index (κ2) is 4.63. The van der Waals surface area contributed by atoms with Crippen LogP contribution in [0.2, 0.25) is 0 Å². The number of aromatic amines is 1. The van der Waals surface area contributed by atoms with Crippen LogP contribution in [0.3, 0.4) is 0 Å². The molecule has 5 nitrogen and oxygen atoms in total. The molecule has 0 aliphatic carbocycles. The SMILES string of the molecule is CC(CC(=O)O)C(=O)N(C)c1ccc[nH]1. The fourth-order valence-corrected chi connectivity index (χ4v) is 1.33. The Balaban J connectivity index is 2.64. The van der Waals surface area contributed by atoms with Gasteiger partial charge in [0.1, 0.15) is 5.82 Å². The van der Waals surface area contributed by atoms with Gasteiger partial charge in [-0.2, -0.15) is 0 Å². The number of carbonyl (C=O) groups excluding carboxylic acids is 1. The van der Waals surface area contributed by atoms with Crippen LogP contribution in [0.25, 0.3) is 0 Å². The molecule has 15 heavy (non-hydrogen) atoms. The molecule has 0 bridgehead atoms. The lowest BCUT2D eigenvalue weighted by molar-refractivity contribution is -0.140. The fraction of sp³-hybridized carbons (Fsp3) is 0.400. The monoisotopic (exact) mass is 210 g/mol.